The molecular formula is C105H132N12. The minimum Gasteiger partial charge on any atom is -0.264 e. The van der Waals surface area contributed by atoms with Crippen LogP contribution in [0, 0.1) is 62.3 Å². The zero-order chi connectivity index (χ0) is 87.1. The van der Waals surface area contributed by atoms with Gasteiger partial charge in [-0.2, -0.15) is 0 Å². The van der Waals surface area contributed by atoms with Gasteiger partial charge in [-0.15, -0.1) is 0 Å². The van der Waals surface area contributed by atoms with Gasteiger partial charge in [0, 0.05) is 140 Å². The fraction of sp³-hybridized carbons (Fsp3) is 0.257. The van der Waals surface area contributed by atoms with E-state index in [1.807, 2.05) is 329 Å². The van der Waals surface area contributed by atoms with E-state index in [2.05, 4.69) is 217 Å². The number of hydrogen-bond donors (Lipinski definition) is 0. The van der Waals surface area contributed by atoms with Crippen LogP contribution < -0.4 is 0 Å². The lowest BCUT2D eigenvalue weighted by molar-refractivity contribution is 1.09. The molecule has 0 N–H and O–H groups in total. The molecular weight excluding hydrogens is 1430 g/mol. The topological polar surface area (TPSA) is 155 Å². The van der Waals surface area contributed by atoms with Gasteiger partial charge in [-0.1, -0.05) is 300 Å². The number of nitrogens with zero attached hydrogens (tertiary/aromatic N) is 12. The first-order valence-electron chi connectivity index (χ1n) is 41.6. The Kier molecular flexibility index (Phi) is 55.0. The van der Waals surface area contributed by atoms with Gasteiger partial charge in [0.1, 0.15) is 18.5 Å². The van der Waals surface area contributed by atoms with E-state index < -0.39 is 0 Å². The molecule has 18 aromatic rings. The summed E-state index contributed by atoms with van der Waals surface area (Å²) in [4.78, 5) is 49.2. The normalized spacial score (nSPS) is 9.15. The van der Waals surface area contributed by atoms with Crippen LogP contribution in [0.4, 0.5) is 0 Å². The number of para-hydroxylation sites is 2. The van der Waals surface area contributed by atoms with Gasteiger partial charge in [-0.25, -0.2) is 29.9 Å². The monoisotopic (exact) mass is 1560 g/mol. The molecule has 0 atom stereocenters. The average Bonchev–Trinajstić information content (AvgIpc) is 0.829. The van der Waals surface area contributed by atoms with Crippen molar-refractivity contribution in [3.8, 4) is 0 Å². The number of aromatic nitrogens is 12. The van der Waals surface area contributed by atoms with Crippen molar-refractivity contribution in [3.05, 3.63) is 362 Å². The summed E-state index contributed by atoms with van der Waals surface area (Å²) in [6.45, 7) is 54.4. The number of aryl methyl sites for hydroxylation is 9. The smallest absolute Gasteiger partial charge is 0.125 e. The molecule has 117 heavy (non-hydrogen) atoms. The quantitative estimate of drug-likeness (QED) is 0.142. The lowest BCUT2D eigenvalue weighted by atomic mass is 10.1. The second-order valence-electron chi connectivity index (χ2n) is 23.6. The second kappa shape index (κ2) is 62.8. The van der Waals surface area contributed by atoms with Crippen LogP contribution in [0.2, 0.25) is 0 Å². The minimum atomic E-state index is 0.823. The van der Waals surface area contributed by atoms with Crippen LogP contribution in [-0.4, -0.2) is 59.8 Å². The first-order chi connectivity index (χ1) is 57.3. The van der Waals surface area contributed by atoms with Gasteiger partial charge in [-0.3, -0.25) is 29.9 Å². The van der Waals surface area contributed by atoms with Crippen LogP contribution in [0.1, 0.15) is 175 Å². The van der Waals surface area contributed by atoms with Crippen LogP contribution in [0.15, 0.2) is 312 Å². The highest BCUT2D eigenvalue weighted by Crippen LogP contribution is 2.21. The summed E-state index contributed by atoms with van der Waals surface area (Å²) in [5.41, 5.74) is 12.8. The minimum absolute atomic E-state index is 0.823. The predicted octanol–water partition coefficient (Wildman–Crippen LogP) is 30.3. The maximum atomic E-state index is 4.26. The molecule has 9 aromatic carbocycles. The third kappa shape index (κ3) is 35.8. The van der Waals surface area contributed by atoms with Crippen LogP contribution in [0.3, 0.4) is 0 Å². The molecule has 0 saturated heterocycles. The average molecular weight is 1560 g/mol. The van der Waals surface area contributed by atoms with E-state index in [4.69, 9.17) is 0 Å². The van der Waals surface area contributed by atoms with Crippen molar-refractivity contribution in [1.29, 1.82) is 0 Å². The Hall–Kier alpha value is -12.5. The number of benzene rings is 9. The molecule has 612 valence electrons. The summed E-state index contributed by atoms with van der Waals surface area (Å²) in [6.07, 6.45) is 27.4. The standard InChI is InChI=1S/6C10H9N.3C9H8N2.9C2H6/c1-8-2-3-10-7-11-5-4-9(10)6-8;1-8-2-3-9-4-5-11-7-10(9)6-8;1-8-3-2-4-9-7-11-6-5-10(8)9;1-8-3-2-4-9-5-6-11-7-10(8)9;1-8-6-11-7-9-4-2-3-5-10(8)9;1-8-6-9-4-2-3-5-10(9)7-11-8;1-7-3-2-4-9-8(7)5-10-6-11-9;1-7-8-4-2-3-5-9(8)11-6-10-7;1-7-10-6-8-4-2-3-5-9(8)11-7;9*1-2/h6*2-7H,1H3;3*2-6H,1H3;9*1-2H3. The highest BCUT2D eigenvalue weighted by atomic mass is 14.9. The van der Waals surface area contributed by atoms with E-state index in [9.17, 15) is 0 Å². The number of fused-ring (bicyclic) bond motifs is 9. The number of hydrogen-bond acceptors (Lipinski definition) is 12. The van der Waals surface area contributed by atoms with Crippen molar-refractivity contribution >= 4 is 97.3 Å². The highest BCUT2D eigenvalue weighted by molar-refractivity contribution is 5.88. The van der Waals surface area contributed by atoms with Crippen molar-refractivity contribution in [2.45, 2.75) is 187 Å². The van der Waals surface area contributed by atoms with Crippen molar-refractivity contribution in [2.24, 2.45) is 0 Å². The van der Waals surface area contributed by atoms with Crippen molar-refractivity contribution in [2.75, 3.05) is 0 Å². The third-order valence-electron chi connectivity index (χ3n) is 16.1. The summed E-state index contributed by atoms with van der Waals surface area (Å²) in [7, 11) is 0. The molecule has 0 amide bonds. The Morgan fingerprint density at radius 1 is 0.197 bits per heavy atom. The fourth-order valence-electron chi connectivity index (χ4n) is 10.8. The van der Waals surface area contributed by atoms with E-state index >= 15 is 0 Å². The summed E-state index contributed by atoms with van der Waals surface area (Å²) >= 11 is 0. The van der Waals surface area contributed by atoms with Crippen LogP contribution >= 0.6 is 0 Å². The molecule has 0 aliphatic carbocycles. The molecule has 12 heteroatoms. The second-order valence-corrected chi connectivity index (χ2v) is 23.6. The molecule has 0 aliphatic rings. The van der Waals surface area contributed by atoms with Gasteiger partial charge < -0.3 is 0 Å². The van der Waals surface area contributed by atoms with Gasteiger partial charge in [0.15, 0.2) is 0 Å². The molecule has 0 saturated carbocycles. The van der Waals surface area contributed by atoms with Gasteiger partial charge in [0.25, 0.3) is 0 Å². The molecule has 9 aromatic heterocycles. The Morgan fingerprint density at radius 3 is 1.20 bits per heavy atom. The molecule has 0 unspecified atom stereocenters. The lowest BCUT2D eigenvalue weighted by Crippen LogP contribution is -1.86. The summed E-state index contributed by atoms with van der Waals surface area (Å²) in [5.74, 6) is 0.823. The first kappa shape index (κ1) is 102. The molecule has 0 aliphatic heterocycles. The Balaban J connectivity index is 0.000000642. The Bertz CT molecular complexity index is 4820. The van der Waals surface area contributed by atoms with Crippen molar-refractivity contribution in [3.63, 3.8) is 0 Å². The maximum Gasteiger partial charge on any atom is 0.125 e. The van der Waals surface area contributed by atoms with Crippen molar-refractivity contribution < 1.29 is 0 Å². The number of rotatable bonds is 0. The van der Waals surface area contributed by atoms with Gasteiger partial charge in [0.05, 0.1) is 16.6 Å². The molecule has 0 radical (unpaired) electrons. The zero-order valence-electron chi connectivity index (χ0n) is 75.3. The van der Waals surface area contributed by atoms with E-state index in [0.29, 0.717) is 0 Å². The van der Waals surface area contributed by atoms with Crippen LogP contribution in [0.25, 0.3) is 97.3 Å². The summed E-state index contributed by atoms with van der Waals surface area (Å²) in [6, 6.07) is 74.0. The van der Waals surface area contributed by atoms with E-state index in [1.165, 1.54) is 98.0 Å². The molecule has 12 nitrogen and oxygen atoms in total. The number of pyridine rings is 6. The summed E-state index contributed by atoms with van der Waals surface area (Å²) < 4.78 is 0. The van der Waals surface area contributed by atoms with Gasteiger partial charge in [0.2, 0.25) is 0 Å². The van der Waals surface area contributed by atoms with Crippen LogP contribution in [0.5, 0.6) is 0 Å². The van der Waals surface area contributed by atoms with Crippen molar-refractivity contribution in [1.82, 2.24) is 59.8 Å². The first-order valence-corrected chi connectivity index (χ1v) is 41.6. The molecule has 0 spiro atoms. The highest BCUT2D eigenvalue weighted by Gasteiger charge is 2.00. The zero-order valence-corrected chi connectivity index (χ0v) is 75.3. The fourth-order valence-corrected chi connectivity index (χ4v) is 10.8. The maximum absolute atomic E-state index is 4.26. The van der Waals surface area contributed by atoms with E-state index in [-0.39, 0.29) is 0 Å². The molecule has 18 rings (SSSR count). The SMILES string of the molecule is CC.CC.CC.CC.CC.CC.CC.CC.CC.Cc1cc2ccccc2cn1.Cc1ccc2ccncc2c1.Cc1ccc2cnccc2c1.Cc1cccc2ccncc12.Cc1cccc2cnccc12.Cc1cccc2ncncc12.Cc1cncc2ccccc12.Cc1ncc2ccccc2n1.Cc1ncnc2ccccc12. The molecule has 0 fully saturated rings. The predicted molar refractivity (Wildman–Crippen MR) is 514 cm³/mol. The van der Waals surface area contributed by atoms with Gasteiger partial charge in [-0.05, 0) is 171 Å². The third-order valence-corrected chi connectivity index (χ3v) is 16.1. The van der Waals surface area contributed by atoms with E-state index in [0.717, 1.165) is 49.9 Å². The van der Waals surface area contributed by atoms with Crippen LogP contribution in [-0.2, 0) is 0 Å². The molecule has 9 heterocycles. The molecule has 0 bridgehead atoms. The summed E-state index contributed by atoms with van der Waals surface area (Å²) in [5, 5.41) is 18.3. The Labute approximate surface area is 702 Å². The largest absolute Gasteiger partial charge is 0.264 e. The Morgan fingerprint density at radius 2 is 0.590 bits per heavy atom. The lowest BCUT2D eigenvalue weighted by Gasteiger charge is -1.98. The van der Waals surface area contributed by atoms with E-state index in [1.54, 1.807) is 12.7 Å². The van der Waals surface area contributed by atoms with Gasteiger partial charge >= 0.3 is 0 Å².